The van der Waals surface area contributed by atoms with E-state index >= 15 is 0 Å². The van der Waals surface area contributed by atoms with Gasteiger partial charge >= 0.3 is 11.9 Å². The van der Waals surface area contributed by atoms with Gasteiger partial charge in [0.05, 0.1) is 0 Å². The predicted octanol–water partition coefficient (Wildman–Crippen LogP) is 4.22. The monoisotopic (exact) mass is 480 g/mol. The molecule has 0 unspecified atom stereocenters. The lowest BCUT2D eigenvalue weighted by molar-refractivity contribution is -0.145. The van der Waals surface area contributed by atoms with E-state index in [2.05, 4.69) is 10.6 Å². The van der Waals surface area contributed by atoms with Gasteiger partial charge in [0.2, 0.25) is 0 Å². The van der Waals surface area contributed by atoms with Crippen LogP contribution in [0.3, 0.4) is 0 Å². The number of hydrogen-bond acceptors (Lipinski definition) is 4. The van der Waals surface area contributed by atoms with Crippen LogP contribution in [0.4, 0.5) is 0 Å². The topological polar surface area (TPSA) is 98.7 Å². The number of rotatable bonds is 11. The van der Waals surface area contributed by atoms with E-state index in [0.29, 0.717) is 22.3 Å². The first kappa shape index (κ1) is 24.9. The maximum atomic E-state index is 12.8. The van der Waals surface area contributed by atoms with Gasteiger partial charge in [-0.3, -0.25) is 10.6 Å². The van der Waals surface area contributed by atoms with Gasteiger partial charge in [-0.15, -0.1) is 0 Å². The highest BCUT2D eigenvalue weighted by Gasteiger charge is 2.44. The number of nitrogens with one attached hydrogen (secondary N) is 2. The minimum Gasteiger partial charge on any atom is -0.479 e. The zero-order chi connectivity index (χ0) is 25.4. The maximum Gasteiger partial charge on any atom is 0.333 e. The molecule has 0 fully saturated rings. The third-order valence-corrected chi connectivity index (χ3v) is 6.37. The molecular weight excluding hydrogens is 452 g/mol. The number of hydrogen-bond donors (Lipinski definition) is 4. The lowest BCUT2D eigenvalue weighted by atomic mass is 9.82. The van der Waals surface area contributed by atoms with Crippen molar-refractivity contribution in [3.05, 3.63) is 144 Å². The Morgan fingerprint density at radius 3 is 0.889 bits per heavy atom. The molecule has 4 rings (SSSR count). The minimum atomic E-state index is -1.50. The largest absolute Gasteiger partial charge is 0.479 e. The van der Waals surface area contributed by atoms with Gasteiger partial charge in [0, 0.05) is 13.1 Å². The summed E-state index contributed by atoms with van der Waals surface area (Å²) in [5.74, 6) is -2.09. The summed E-state index contributed by atoms with van der Waals surface area (Å²) in [6.45, 7) is 0.371. The summed E-state index contributed by atoms with van der Waals surface area (Å²) in [4.78, 5) is 25.6. The Morgan fingerprint density at radius 2 is 0.694 bits per heavy atom. The summed E-state index contributed by atoms with van der Waals surface area (Å²) < 4.78 is 0. The molecule has 0 aliphatic carbocycles. The van der Waals surface area contributed by atoms with Crippen LogP contribution in [0.25, 0.3) is 0 Å². The van der Waals surface area contributed by atoms with Crippen LogP contribution in [0.2, 0.25) is 0 Å². The Balaban J connectivity index is 1.67. The van der Waals surface area contributed by atoms with Gasteiger partial charge in [-0.1, -0.05) is 121 Å². The molecule has 0 aliphatic heterocycles. The molecule has 36 heavy (non-hydrogen) atoms. The first-order chi connectivity index (χ1) is 17.5. The molecule has 0 saturated heterocycles. The van der Waals surface area contributed by atoms with Gasteiger partial charge in [0.25, 0.3) is 0 Å². The zero-order valence-electron chi connectivity index (χ0n) is 19.7. The number of aliphatic carboxylic acids is 2. The molecule has 4 N–H and O–H groups in total. The van der Waals surface area contributed by atoms with E-state index in [0.717, 1.165) is 0 Å². The second kappa shape index (κ2) is 11.0. The molecule has 0 heterocycles. The lowest BCUT2D eigenvalue weighted by Gasteiger charge is -2.34. The van der Waals surface area contributed by atoms with Crippen molar-refractivity contribution in [2.75, 3.05) is 13.1 Å². The third kappa shape index (κ3) is 4.64. The van der Waals surface area contributed by atoms with Crippen molar-refractivity contribution in [2.24, 2.45) is 0 Å². The maximum absolute atomic E-state index is 12.8. The van der Waals surface area contributed by atoms with Crippen molar-refractivity contribution < 1.29 is 19.8 Å². The Labute approximate surface area is 210 Å². The average molecular weight is 481 g/mol. The minimum absolute atomic E-state index is 0.185. The number of benzene rings is 4. The predicted molar refractivity (Wildman–Crippen MR) is 139 cm³/mol. The summed E-state index contributed by atoms with van der Waals surface area (Å²) in [5, 5.41) is 27.4. The summed E-state index contributed by atoms with van der Waals surface area (Å²) >= 11 is 0. The Kier molecular flexibility index (Phi) is 7.59. The summed E-state index contributed by atoms with van der Waals surface area (Å²) in [5.41, 5.74) is -0.678. The first-order valence-electron chi connectivity index (χ1n) is 11.7. The molecule has 0 bridgehead atoms. The normalized spacial score (nSPS) is 11.7. The number of carboxylic acids is 2. The van der Waals surface area contributed by atoms with Gasteiger partial charge in [-0.25, -0.2) is 9.59 Å². The third-order valence-electron chi connectivity index (χ3n) is 6.37. The molecule has 0 aromatic heterocycles. The van der Waals surface area contributed by atoms with E-state index in [4.69, 9.17) is 0 Å². The SMILES string of the molecule is O=C(O)C(NCCNC(C(=O)O)(c1ccccc1)c1ccccc1)(c1ccccc1)c1ccccc1. The lowest BCUT2D eigenvalue weighted by Crippen LogP contribution is -2.55. The van der Waals surface area contributed by atoms with Crippen molar-refractivity contribution in [3.8, 4) is 0 Å². The van der Waals surface area contributed by atoms with Crippen LogP contribution < -0.4 is 10.6 Å². The Hall–Kier alpha value is -4.26. The van der Waals surface area contributed by atoms with Gasteiger partial charge in [-0.2, -0.15) is 0 Å². The van der Waals surface area contributed by atoms with Crippen LogP contribution in [0.15, 0.2) is 121 Å². The summed E-state index contributed by atoms with van der Waals surface area (Å²) in [6.07, 6.45) is 0. The van der Waals surface area contributed by atoms with Crippen molar-refractivity contribution in [3.63, 3.8) is 0 Å². The van der Waals surface area contributed by atoms with Crippen LogP contribution in [-0.4, -0.2) is 35.2 Å². The van der Waals surface area contributed by atoms with Gasteiger partial charge in [-0.05, 0) is 22.3 Å². The molecule has 0 radical (unpaired) electrons. The molecular formula is C30H28N2O4. The fraction of sp³-hybridized carbons (Fsp3) is 0.133. The molecule has 6 heteroatoms. The second-order valence-electron chi connectivity index (χ2n) is 8.43. The Bertz CT molecular complexity index is 1100. The van der Waals surface area contributed by atoms with Crippen LogP contribution in [0, 0.1) is 0 Å². The average Bonchev–Trinajstić information content (AvgIpc) is 2.93. The molecule has 0 atom stereocenters. The standard InChI is InChI=1S/C30H28N2O4/c33-27(34)29(23-13-5-1-6-14-23,24-15-7-2-8-16-24)31-21-22-32-30(28(35)36,25-17-9-3-10-18-25)26-19-11-4-12-20-26/h1-20,31-32H,21-22H2,(H,33,34)(H,35,36). The van der Waals surface area contributed by atoms with Gasteiger partial charge in [0.15, 0.2) is 11.1 Å². The number of carbonyl (C=O) groups is 2. The molecule has 0 aliphatic rings. The van der Waals surface area contributed by atoms with Crippen LogP contribution in [0.5, 0.6) is 0 Å². The van der Waals surface area contributed by atoms with E-state index in [1.54, 1.807) is 97.1 Å². The van der Waals surface area contributed by atoms with Crippen molar-refractivity contribution in [1.29, 1.82) is 0 Å². The van der Waals surface area contributed by atoms with Crippen LogP contribution in [-0.2, 0) is 20.7 Å². The van der Waals surface area contributed by atoms with Crippen molar-refractivity contribution in [1.82, 2.24) is 10.6 Å². The molecule has 0 amide bonds. The van der Waals surface area contributed by atoms with E-state index in [9.17, 15) is 19.8 Å². The highest BCUT2D eigenvalue weighted by atomic mass is 16.4. The van der Waals surface area contributed by atoms with Crippen LogP contribution >= 0.6 is 0 Å². The highest BCUT2D eigenvalue weighted by Crippen LogP contribution is 2.32. The van der Waals surface area contributed by atoms with Crippen molar-refractivity contribution in [2.45, 2.75) is 11.1 Å². The molecule has 182 valence electrons. The van der Waals surface area contributed by atoms with E-state index < -0.39 is 23.0 Å². The van der Waals surface area contributed by atoms with E-state index in [-0.39, 0.29) is 13.1 Å². The fourth-order valence-electron chi connectivity index (χ4n) is 4.64. The smallest absolute Gasteiger partial charge is 0.333 e. The van der Waals surface area contributed by atoms with Crippen LogP contribution in [0.1, 0.15) is 22.3 Å². The quantitative estimate of drug-likeness (QED) is 0.240. The molecule has 4 aromatic rings. The zero-order valence-corrected chi connectivity index (χ0v) is 19.7. The first-order valence-corrected chi connectivity index (χ1v) is 11.7. The Morgan fingerprint density at radius 1 is 0.472 bits per heavy atom. The van der Waals surface area contributed by atoms with Gasteiger partial charge < -0.3 is 10.2 Å². The van der Waals surface area contributed by atoms with Gasteiger partial charge in [0.1, 0.15) is 0 Å². The molecule has 0 spiro atoms. The molecule has 0 saturated carbocycles. The molecule has 6 nitrogen and oxygen atoms in total. The van der Waals surface area contributed by atoms with Crippen molar-refractivity contribution >= 4 is 11.9 Å². The number of carboxylic acid groups (broad SMARTS) is 2. The van der Waals surface area contributed by atoms with E-state index in [1.165, 1.54) is 0 Å². The van der Waals surface area contributed by atoms with E-state index in [1.807, 2.05) is 24.3 Å². The summed E-state index contributed by atoms with van der Waals surface area (Å²) in [6, 6.07) is 36.0. The summed E-state index contributed by atoms with van der Waals surface area (Å²) in [7, 11) is 0. The fourth-order valence-corrected chi connectivity index (χ4v) is 4.64. The second-order valence-corrected chi connectivity index (χ2v) is 8.43. The molecule has 4 aromatic carbocycles. The highest BCUT2D eigenvalue weighted by molar-refractivity contribution is 5.86.